The molecule has 1 aromatic heterocycles. The SMILES string of the molecule is Cc1nccc(CNC(=S)NCC(C)C)n1. The van der Waals surface area contributed by atoms with Gasteiger partial charge in [0.15, 0.2) is 5.11 Å². The van der Waals surface area contributed by atoms with E-state index in [1.54, 1.807) is 6.20 Å². The lowest BCUT2D eigenvalue weighted by Crippen LogP contribution is -2.36. The number of rotatable bonds is 4. The van der Waals surface area contributed by atoms with Crippen LogP contribution in [0.1, 0.15) is 25.4 Å². The van der Waals surface area contributed by atoms with Crippen molar-refractivity contribution < 1.29 is 0 Å². The van der Waals surface area contributed by atoms with E-state index in [1.165, 1.54) is 0 Å². The monoisotopic (exact) mass is 238 g/mol. The van der Waals surface area contributed by atoms with E-state index in [-0.39, 0.29) is 0 Å². The molecule has 0 amide bonds. The van der Waals surface area contributed by atoms with Crippen LogP contribution in [0.4, 0.5) is 0 Å². The highest BCUT2D eigenvalue weighted by Crippen LogP contribution is 1.94. The fraction of sp³-hybridized carbons (Fsp3) is 0.545. The van der Waals surface area contributed by atoms with Crippen LogP contribution >= 0.6 is 12.2 Å². The Labute approximate surface area is 102 Å². The molecular formula is C11H18N4S. The molecule has 0 saturated carbocycles. The molecule has 4 nitrogen and oxygen atoms in total. The summed E-state index contributed by atoms with van der Waals surface area (Å²) in [6, 6.07) is 1.88. The van der Waals surface area contributed by atoms with Gasteiger partial charge in [-0.1, -0.05) is 13.8 Å². The first kappa shape index (κ1) is 12.8. The van der Waals surface area contributed by atoms with Crippen molar-refractivity contribution >= 4 is 17.3 Å². The zero-order valence-electron chi connectivity index (χ0n) is 9.95. The molecule has 0 radical (unpaired) electrons. The molecule has 2 N–H and O–H groups in total. The Morgan fingerprint density at radius 3 is 2.81 bits per heavy atom. The Kier molecular flexibility index (Phi) is 5.11. The van der Waals surface area contributed by atoms with E-state index in [9.17, 15) is 0 Å². The normalized spacial score (nSPS) is 10.2. The van der Waals surface area contributed by atoms with Gasteiger partial charge in [-0.3, -0.25) is 0 Å². The zero-order valence-corrected chi connectivity index (χ0v) is 10.8. The van der Waals surface area contributed by atoms with Gasteiger partial charge in [-0.25, -0.2) is 9.97 Å². The van der Waals surface area contributed by atoms with E-state index in [0.29, 0.717) is 17.6 Å². The Bertz CT molecular complexity index is 352. The van der Waals surface area contributed by atoms with Crippen molar-refractivity contribution in [1.82, 2.24) is 20.6 Å². The molecule has 0 bridgehead atoms. The molecule has 5 heteroatoms. The number of nitrogens with one attached hydrogen (secondary N) is 2. The Morgan fingerprint density at radius 2 is 2.19 bits per heavy atom. The number of aromatic nitrogens is 2. The van der Waals surface area contributed by atoms with Crippen LogP contribution in [-0.4, -0.2) is 21.6 Å². The Balaban J connectivity index is 2.31. The van der Waals surface area contributed by atoms with Gasteiger partial charge in [-0.2, -0.15) is 0 Å². The molecule has 0 atom stereocenters. The van der Waals surface area contributed by atoms with Crippen molar-refractivity contribution in [3.63, 3.8) is 0 Å². The van der Waals surface area contributed by atoms with E-state index < -0.39 is 0 Å². The molecule has 0 aliphatic heterocycles. The average molecular weight is 238 g/mol. The van der Waals surface area contributed by atoms with Gasteiger partial charge in [-0.05, 0) is 31.1 Å². The highest BCUT2D eigenvalue weighted by molar-refractivity contribution is 7.80. The fourth-order valence-corrected chi connectivity index (χ4v) is 1.29. The van der Waals surface area contributed by atoms with E-state index in [2.05, 4.69) is 34.4 Å². The number of hydrogen-bond donors (Lipinski definition) is 2. The van der Waals surface area contributed by atoms with Crippen molar-refractivity contribution in [3.8, 4) is 0 Å². The standard InChI is InChI=1S/C11H18N4S/c1-8(2)6-13-11(16)14-7-10-4-5-12-9(3)15-10/h4-5,8H,6-7H2,1-3H3,(H2,13,14,16). The molecule has 88 valence electrons. The van der Waals surface area contributed by atoms with Crippen LogP contribution in [0.25, 0.3) is 0 Å². The number of hydrogen-bond acceptors (Lipinski definition) is 3. The van der Waals surface area contributed by atoms with Gasteiger partial charge in [0, 0.05) is 12.7 Å². The highest BCUT2D eigenvalue weighted by atomic mass is 32.1. The van der Waals surface area contributed by atoms with E-state index >= 15 is 0 Å². The van der Waals surface area contributed by atoms with E-state index in [1.807, 2.05) is 13.0 Å². The zero-order chi connectivity index (χ0) is 12.0. The largest absolute Gasteiger partial charge is 0.362 e. The van der Waals surface area contributed by atoms with Crippen molar-refractivity contribution in [1.29, 1.82) is 0 Å². The number of thiocarbonyl (C=S) groups is 1. The second kappa shape index (κ2) is 6.37. The third kappa shape index (κ3) is 5.02. The lowest BCUT2D eigenvalue weighted by molar-refractivity contribution is 0.619. The predicted molar refractivity (Wildman–Crippen MR) is 69.0 cm³/mol. The van der Waals surface area contributed by atoms with Gasteiger partial charge >= 0.3 is 0 Å². The van der Waals surface area contributed by atoms with Crippen molar-refractivity contribution in [3.05, 3.63) is 23.8 Å². The van der Waals surface area contributed by atoms with Crippen molar-refractivity contribution in [2.24, 2.45) is 5.92 Å². The summed E-state index contributed by atoms with van der Waals surface area (Å²) < 4.78 is 0. The van der Waals surface area contributed by atoms with Gasteiger partial charge in [-0.15, -0.1) is 0 Å². The predicted octanol–water partition coefficient (Wildman–Crippen LogP) is 1.41. The molecule has 0 aromatic carbocycles. The maximum Gasteiger partial charge on any atom is 0.166 e. The summed E-state index contributed by atoms with van der Waals surface area (Å²) in [6.07, 6.45) is 1.75. The van der Waals surface area contributed by atoms with Crippen LogP contribution in [0, 0.1) is 12.8 Å². The first-order valence-corrected chi connectivity index (χ1v) is 5.79. The molecule has 0 unspecified atom stereocenters. The smallest absolute Gasteiger partial charge is 0.166 e. The van der Waals surface area contributed by atoms with Crippen molar-refractivity contribution in [2.45, 2.75) is 27.3 Å². The summed E-state index contributed by atoms with van der Waals surface area (Å²) in [5.41, 5.74) is 0.946. The summed E-state index contributed by atoms with van der Waals surface area (Å²) in [5.74, 6) is 1.36. The number of nitrogens with zero attached hydrogens (tertiary/aromatic N) is 2. The van der Waals surface area contributed by atoms with Gasteiger partial charge in [0.05, 0.1) is 12.2 Å². The number of aryl methyl sites for hydroxylation is 1. The molecule has 0 spiro atoms. The summed E-state index contributed by atoms with van der Waals surface area (Å²) in [5, 5.41) is 6.93. The fourth-order valence-electron chi connectivity index (χ4n) is 1.13. The Hall–Kier alpha value is -1.23. The van der Waals surface area contributed by atoms with Crippen molar-refractivity contribution in [2.75, 3.05) is 6.54 Å². The Morgan fingerprint density at radius 1 is 1.44 bits per heavy atom. The molecule has 1 heterocycles. The minimum atomic E-state index is 0.584. The second-order valence-corrected chi connectivity index (χ2v) is 4.46. The van der Waals surface area contributed by atoms with Gasteiger partial charge in [0.2, 0.25) is 0 Å². The highest BCUT2D eigenvalue weighted by Gasteiger charge is 1.99. The molecule has 0 saturated heterocycles. The third-order valence-electron chi connectivity index (χ3n) is 1.93. The van der Waals surface area contributed by atoms with Gasteiger partial charge in [0.25, 0.3) is 0 Å². The molecule has 0 aliphatic rings. The maximum atomic E-state index is 5.14. The summed E-state index contributed by atoms with van der Waals surface area (Å²) in [6.45, 7) is 7.67. The minimum absolute atomic E-state index is 0.584. The van der Waals surface area contributed by atoms with Crippen LogP contribution in [0.3, 0.4) is 0 Å². The van der Waals surface area contributed by atoms with E-state index in [4.69, 9.17) is 12.2 Å². The summed E-state index contributed by atoms with van der Waals surface area (Å²) in [4.78, 5) is 8.32. The van der Waals surface area contributed by atoms with Crippen LogP contribution in [0.15, 0.2) is 12.3 Å². The van der Waals surface area contributed by atoms with Crippen LogP contribution in [0.2, 0.25) is 0 Å². The summed E-state index contributed by atoms with van der Waals surface area (Å²) >= 11 is 5.14. The minimum Gasteiger partial charge on any atom is -0.362 e. The molecule has 1 aromatic rings. The first-order valence-electron chi connectivity index (χ1n) is 5.38. The van der Waals surface area contributed by atoms with Crippen LogP contribution in [-0.2, 0) is 6.54 Å². The molecule has 0 fully saturated rings. The quantitative estimate of drug-likeness (QED) is 0.777. The molecular weight excluding hydrogens is 220 g/mol. The van der Waals surface area contributed by atoms with Gasteiger partial charge < -0.3 is 10.6 Å². The third-order valence-corrected chi connectivity index (χ3v) is 2.22. The van der Waals surface area contributed by atoms with Gasteiger partial charge in [0.1, 0.15) is 5.82 Å². The lowest BCUT2D eigenvalue weighted by Gasteiger charge is -2.11. The second-order valence-electron chi connectivity index (χ2n) is 4.05. The van der Waals surface area contributed by atoms with E-state index in [0.717, 1.165) is 18.1 Å². The van der Waals surface area contributed by atoms with Crippen LogP contribution in [0.5, 0.6) is 0 Å². The topological polar surface area (TPSA) is 49.8 Å². The maximum absolute atomic E-state index is 5.14. The van der Waals surface area contributed by atoms with Crippen LogP contribution < -0.4 is 10.6 Å². The lowest BCUT2D eigenvalue weighted by atomic mass is 10.2. The molecule has 1 rings (SSSR count). The first-order chi connectivity index (χ1) is 7.58. The molecule has 0 aliphatic carbocycles. The molecule has 16 heavy (non-hydrogen) atoms. The summed E-state index contributed by atoms with van der Waals surface area (Å²) in [7, 11) is 0. The average Bonchev–Trinajstić information content (AvgIpc) is 2.23.